The fraction of sp³-hybridized carbons (Fsp3) is 0.913. The number of likely N-dealkylation sites (tertiary alicyclic amines) is 2. The topological polar surface area (TPSA) is 90.3 Å². The van der Waals surface area contributed by atoms with Gasteiger partial charge in [-0.2, -0.15) is 0 Å². The molecule has 0 aromatic rings. The molecular formula is C23H40N2O5. The largest absolute Gasteiger partial charge is 0.483 e. The number of aliphatic hydroxyl groups excluding tert-OH is 1. The highest BCUT2D eigenvalue weighted by Crippen LogP contribution is 2.49. The van der Waals surface area contributed by atoms with Crippen molar-refractivity contribution in [3.05, 3.63) is 0 Å². The van der Waals surface area contributed by atoms with Gasteiger partial charge in [0.05, 0.1) is 18.1 Å². The molecular weight excluding hydrogens is 384 g/mol. The fourth-order valence-corrected chi connectivity index (χ4v) is 6.05. The predicted molar refractivity (Wildman–Crippen MR) is 114 cm³/mol. The molecule has 7 heteroatoms. The molecule has 2 aliphatic heterocycles. The van der Waals surface area contributed by atoms with Crippen molar-refractivity contribution in [2.24, 2.45) is 16.7 Å². The number of aliphatic hydroxyl groups is 1. The standard InChI is InChI=1S/C22H38N2O3.CH2O2/c1-27-17-21(10-11-21)20(26)24-12-5-9-22(16-24)15-23(13-8-19(22)25)14-18-6-3-2-4-7-18;2-1-3/h18-19,25H,2-17H2,1H3;1H,(H,2,3)/t19-,22-;/m1./s1. The molecule has 0 bridgehead atoms. The minimum absolute atomic E-state index is 0.121. The van der Waals surface area contributed by atoms with Crippen molar-refractivity contribution in [1.82, 2.24) is 9.80 Å². The van der Waals surface area contributed by atoms with Crippen LogP contribution in [0.4, 0.5) is 0 Å². The number of hydrogen-bond acceptors (Lipinski definition) is 5. The quantitative estimate of drug-likeness (QED) is 0.659. The van der Waals surface area contributed by atoms with Crippen LogP contribution in [0.3, 0.4) is 0 Å². The van der Waals surface area contributed by atoms with Gasteiger partial charge < -0.3 is 24.7 Å². The first-order valence-electron chi connectivity index (χ1n) is 11.8. The number of carbonyl (C=O) groups is 2. The Balaban J connectivity index is 0.000000806. The van der Waals surface area contributed by atoms with Gasteiger partial charge in [0.25, 0.3) is 6.47 Å². The van der Waals surface area contributed by atoms with Crippen molar-refractivity contribution in [2.45, 2.75) is 70.3 Å². The van der Waals surface area contributed by atoms with Crippen molar-refractivity contribution in [2.75, 3.05) is 46.4 Å². The third-order valence-electron chi connectivity index (χ3n) is 7.83. The third-order valence-corrected chi connectivity index (χ3v) is 7.83. The maximum atomic E-state index is 13.2. The Kier molecular flexibility index (Phi) is 8.16. The van der Waals surface area contributed by atoms with Crippen LogP contribution >= 0.6 is 0 Å². The average molecular weight is 425 g/mol. The number of methoxy groups -OCH3 is 1. The van der Waals surface area contributed by atoms with Crippen molar-refractivity contribution in [3.8, 4) is 0 Å². The highest BCUT2D eigenvalue weighted by Gasteiger charge is 2.54. The molecule has 2 atom stereocenters. The molecule has 30 heavy (non-hydrogen) atoms. The van der Waals surface area contributed by atoms with Gasteiger partial charge in [-0.1, -0.05) is 19.3 Å². The smallest absolute Gasteiger partial charge is 0.290 e. The van der Waals surface area contributed by atoms with Crippen LogP contribution in [0.25, 0.3) is 0 Å². The Hall–Kier alpha value is -1.18. The van der Waals surface area contributed by atoms with Crippen LogP contribution in [-0.2, 0) is 14.3 Å². The maximum absolute atomic E-state index is 13.2. The second-order valence-electron chi connectivity index (χ2n) is 10.1. The molecule has 4 aliphatic rings. The van der Waals surface area contributed by atoms with Crippen LogP contribution in [0.15, 0.2) is 0 Å². The summed E-state index contributed by atoms with van der Waals surface area (Å²) in [4.78, 5) is 26.2. The van der Waals surface area contributed by atoms with Gasteiger partial charge in [0.15, 0.2) is 0 Å². The Morgan fingerprint density at radius 2 is 1.77 bits per heavy atom. The van der Waals surface area contributed by atoms with Gasteiger partial charge in [0.2, 0.25) is 5.91 Å². The van der Waals surface area contributed by atoms with E-state index in [1.165, 1.54) is 38.6 Å². The summed E-state index contributed by atoms with van der Waals surface area (Å²) in [5.74, 6) is 1.11. The minimum Gasteiger partial charge on any atom is -0.483 e. The van der Waals surface area contributed by atoms with Crippen LogP contribution in [0, 0.1) is 16.7 Å². The van der Waals surface area contributed by atoms with Gasteiger partial charge in [-0.3, -0.25) is 9.59 Å². The lowest BCUT2D eigenvalue weighted by Gasteiger charge is -2.52. The average Bonchev–Trinajstić information content (AvgIpc) is 3.53. The number of carbonyl (C=O) groups excluding carboxylic acids is 1. The van der Waals surface area contributed by atoms with Gasteiger partial charge in [-0.15, -0.1) is 0 Å². The van der Waals surface area contributed by atoms with Crippen LogP contribution in [0.1, 0.15) is 64.2 Å². The lowest BCUT2D eigenvalue weighted by molar-refractivity contribution is -0.149. The van der Waals surface area contributed by atoms with E-state index < -0.39 is 0 Å². The van der Waals surface area contributed by atoms with Gasteiger partial charge >= 0.3 is 0 Å². The van der Waals surface area contributed by atoms with Gasteiger partial charge in [-0.25, -0.2) is 0 Å². The Bertz CT molecular complexity index is 576. The Morgan fingerprint density at radius 1 is 1.07 bits per heavy atom. The molecule has 2 heterocycles. The van der Waals surface area contributed by atoms with Gasteiger partial charge in [-0.05, 0) is 50.9 Å². The van der Waals surface area contributed by atoms with Crippen molar-refractivity contribution < 1.29 is 24.5 Å². The molecule has 1 spiro atoms. The summed E-state index contributed by atoms with van der Waals surface area (Å²) in [5, 5.41) is 17.8. The second kappa shape index (κ2) is 10.4. The zero-order chi connectivity index (χ0) is 21.6. The molecule has 172 valence electrons. The van der Waals surface area contributed by atoms with Crippen LogP contribution in [-0.4, -0.2) is 84.9 Å². The summed E-state index contributed by atoms with van der Waals surface area (Å²) < 4.78 is 5.34. The molecule has 0 aromatic heterocycles. The number of amides is 1. The first-order valence-corrected chi connectivity index (χ1v) is 11.8. The fourth-order valence-electron chi connectivity index (χ4n) is 6.05. The molecule has 7 nitrogen and oxygen atoms in total. The summed E-state index contributed by atoms with van der Waals surface area (Å²) in [7, 11) is 1.69. The maximum Gasteiger partial charge on any atom is 0.290 e. The van der Waals surface area contributed by atoms with Gasteiger partial charge in [0.1, 0.15) is 0 Å². The molecule has 2 saturated heterocycles. The SMILES string of the molecule is COCC1(C(=O)N2CCC[C@@]3(CN(CC4CCCCC4)CC[C@H]3O)C2)CC1.O=CO. The highest BCUT2D eigenvalue weighted by atomic mass is 16.5. The third kappa shape index (κ3) is 5.35. The molecule has 2 aliphatic carbocycles. The number of carboxylic acid groups (broad SMARTS) is 1. The van der Waals surface area contributed by atoms with Crippen LogP contribution in [0.2, 0.25) is 0 Å². The first kappa shape index (κ1) is 23.5. The van der Waals surface area contributed by atoms with E-state index in [-0.39, 0.29) is 29.3 Å². The monoisotopic (exact) mass is 424 g/mol. The Labute approximate surface area is 180 Å². The van der Waals surface area contributed by atoms with E-state index in [1.54, 1.807) is 7.11 Å². The number of nitrogens with zero attached hydrogens (tertiary/aromatic N) is 2. The number of ether oxygens (including phenoxy) is 1. The van der Waals surface area contributed by atoms with Crippen molar-refractivity contribution in [3.63, 3.8) is 0 Å². The highest BCUT2D eigenvalue weighted by molar-refractivity contribution is 5.85. The number of piperidine rings is 2. The number of hydrogen-bond donors (Lipinski definition) is 2. The molecule has 2 saturated carbocycles. The summed E-state index contributed by atoms with van der Waals surface area (Å²) in [6.07, 6.45) is 11.5. The van der Waals surface area contributed by atoms with E-state index in [2.05, 4.69) is 9.80 Å². The molecule has 2 N–H and O–H groups in total. The predicted octanol–water partition coefficient (Wildman–Crippen LogP) is 2.37. The zero-order valence-corrected chi connectivity index (χ0v) is 18.6. The van der Waals surface area contributed by atoms with Crippen molar-refractivity contribution >= 4 is 12.4 Å². The zero-order valence-electron chi connectivity index (χ0n) is 18.6. The number of rotatable bonds is 5. The van der Waals surface area contributed by atoms with E-state index in [0.717, 1.165) is 64.2 Å². The van der Waals surface area contributed by atoms with E-state index in [4.69, 9.17) is 14.6 Å². The molecule has 0 aromatic carbocycles. The normalized spacial score (nSPS) is 31.7. The molecule has 4 fully saturated rings. The Morgan fingerprint density at radius 3 is 2.40 bits per heavy atom. The van der Waals surface area contributed by atoms with E-state index in [0.29, 0.717) is 6.61 Å². The van der Waals surface area contributed by atoms with Gasteiger partial charge in [0, 0.05) is 45.2 Å². The second-order valence-corrected chi connectivity index (χ2v) is 10.1. The van der Waals surface area contributed by atoms with E-state index >= 15 is 0 Å². The van der Waals surface area contributed by atoms with Crippen LogP contribution < -0.4 is 0 Å². The lowest BCUT2D eigenvalue weighted by atomic mass is 9.71. The minimum atomic E-state index is -0.270. The van der Waals surface area contributed by atoms with E-state index in [9.17, 15) is 9.90 Å². The molecule has 4 rings (SSSR count). The summed E-state index contributed by atoms with van der Waals surface area (Å²) in [6, 6.07) is 0. The summed E-state index contributed by atoms with van der Waals surface area (Å²) in [6.45, 7) is 5.05. The molecule has 0 unspecified atom stereocenters. The van der Waals surface area contributed by atoms with E-state index in [1.807, 2.05) is 0 Å². The summed E-state index contributed by atoms with van der Waals surface area (Å²) >= 11 is 0. The summed E-state index contributed by atoms with van der Waals surface area (Å²) in [5.41, 5.74) is -0.376. The molecule has 0 radical (unpaired) electrons. The first-order chi connectivity index (χ1) is 14.5. The van der Waals surface area contributed by atoms with Crippen molar-refractivity contribution in [1.29, 1.82) is 0 Å². The molecule has 1 amide bonds. The van der Waals surface area contributed by atoms with Crippen LogP contribution in [0.5, 0.6) is 0 Å². The lowest BCUT2D eigenvalue weighted by Crippen LogP contribution is -2.61.